The van der Waals surface area contributed by atoms with Gasteiger partial charge < -0.3 is 9.30 Å². The van der Waals surface area contributed by atoms with Crippen LogP contribution in [-0.4, -0.2) is 19.3 Å². The van der Waals surface area contributed by atoms with Crippen LogP contribution in [0.25, 0.3) is 44.4 Å². The van der Waals surface area contributed by atoms with Gasteiger partial charge in [-0.15, -0.1) is 35.7 Å². The zero-order valence-electron chi connectivity index (χ0n) is 31.5. The molecule has 262 valence electrons. The summed E-state index contributed by atoms with van der Waals surface area (Å²) in [7, 11) is 0. The molecule has 0 N–H and O–H groups in total. The Balaban J connectivity index is 0.00000448. The minimum absolute atomic E-state index is 0. The van der Waals surface area contributed by atoms with E-state index in [0.29, 0.717) is 11.5 Å². The fourth-order valence-corrected chi connectivity index (χ4v) is 7.64. The molecule has 6 heteroatoms. The molecule has 0 amide bonds. The summed E-state index contributed by atoms with van der Waals surface area (Å²) in [5.74, 6) is 2.06. The summed E-state index contributed by atoms with van der Waals surface area (Å²) < 4.78 is 10.6. The third-order valence-electron chi connectivity index (χ3n) is 9.89. The van der Waals surface area contributed by atoms with Gasteiger partial charge in [0.15, 0.2) is 0 Å². The van der Waals surface area contributed by atoms with Crippen LogP contribution in [0.15, 0.2) is 79.0 Å². The van der Waals surface area contributed by atoms with E-state index >= 15 is 0 Å². The molecule has 0 spiro atoms. The standard InChI is InChI=1S/C45H46N4O.Pt/c1-27-21-22-46-41(23-27)48-39-18-13-12-17-35(39)36-20-19-34(25-40(36)48)50-33-16-14-15-32(24-33)49-31(5)43(30(4)47-49)42-28(2)37(44(6,7)8)26-38(29(42)3)45(9,10)11;/h12-23,26H,1-11H3;/q-2;+2. The van der Waals surface area contributed by atoms with Crippen LogP contribution in [0.3, 0.4) is 0 Å². The predicted molar refractivity (Wildman–Crippen MR) is 206 cm³/mol. The summed E-state index contributed by atoms with van der Waals surface area (Å²) in [5, 5.41) is 7.35. The van der Waals surface area contributed by atoms with E-state index in [9.17, 15) is 0 Å². The van der Waals surface area contributed by atoms with E-state index in [-0.39, 0.29) is 31.9 Å². The number of hydrogen-bond donors (Lipinski definition) is 0. The van der Waals surface area contributed by atoms with Crippen molar-refractivity contribution in [2.45, 2.75) is 87.0 Å². The van der Waals surface area contributed by atoms with Crippen LogP contribution < -0.4 is 4.74 Å². The molecule has 0 atom stereocenters. The summed E-state index contributed by atoms with van der Waals surface area (Å²) in [6.45, 7) is 24.7. The number of benzene rings is 4. The van der Waals surface area contributed by atoms with Crippen LogP contribution in [0.1, 0.15) is 80.7 Å². The number of ether oxygens (including phenoxy) is 1. The van der Waals surface area contributed by atoms with Crippen molar-refractivity contribution in [3.8, 4) is 34.1 Å². The first-order chi connectivity index (χ1) is 23.6. The van der Waals surface area contributed by atoms with E-state index in [2.05, 4.69) is 135 Å². The Bertz CT molecular complexity index is 2400. The fourth-order valence-electron chi connectivity index (χ4n) is 7.64. The summed E-state index contributed by atoms with van der Waals surface area (Å²) >= 11 is 0. The Hall–Kier alpha value is -4.47. The van der Waals surface area contributed by atoms with Crippen LogP contribution >= 0.6 is 0 Å². The maximum atomic E-state index is 6.48. The van der Waals surface area contributed by atoms with Gasteiger partial charge >= 0.3 is 21.1 Å². The summed E-state index contributed by atoms with van der Waals surface area (Å²) in [6, 6.07) is 32.1. The first-order valence-corrected chi connectivity index (χ1v) is 17.4. The molecule has 0 bridgehead atoms. The second kappa shape index (κ2) is 13.3. The van der Waals surface area contributed by atoms with Gasteiger partial charge in [-0.1, -0.05) is 71.3 Å². The first-order valence-electron chi connectivity index (χ1n) is 17.4. The molecular weight excluding hydrogens is 808 g/mol. The van der Waals surface area contributed by atoms with Crippen molar-refractivity contribution in [2.24, 2.45) is 0 Å². The minimum atomic E-state index is 0. The van der Waals surface area contributed by atoms with Crippen molar-refractivity contribution in [1.82, 2.24) is 19.3 Å². The van der Waals surface area contributed by atoms with E-state index in [1.807, 2.05) is 41.2 Å². The summed E-state index contributed by atoms with van der Waals surface area (Å²) in [6.07, 6.45) is 1.85. The molecule has 3 heterocycles. The molecule has 0 aliphatic rings. The van der Waals surface area contributed by atoms with E-state index in [4.69, 9.17) is 14.8 Å². The SMILES string of the molecule is Cc1ccnc(-n2c3[c-]c(Oc4[c-]c(-n5nc(C)c(-c6c(C)c(C(C)(C)C)cc(C(C)(C)C)c6C)c5C)ccc4)ccc3c3ccccc32)c1.[Pt+2]. The van der Waals surface area contributed by atoms with Crippen molar-refractivity contribution in [2.75, 3.05) is 0 Å². The second-order valence-corrected chi connectivity index (χ2v) is 15.7. The molecule has 7 aromatic rings. The number of aryl methyl sites for hydroxylation is 2. The zero-order chi connectivity index (χ0) is 35.7. The molecule has 0 saturated carbocycles. The average molecular weight is 854 g/mol. The Kier molecular flexibility index (Phi) is 9.44. The predicted octanol–water partition coefficient (Wildman–Crippen LogP) is 11.6. The molecule has 0 fully saturated rings. The Morgan fingerprint density at radius 2 is 1.33 bits per heavy atom. The molecule has 0 unspecified atom stereocenters. The van der Waals surface area contributed by atoms with E-state index in [0.717, 1.165) is 50.3 Å². The van der Waals surface area contributed by atoms with Crippen molar-refractivity contribution in [3.05, 3.63) is 130 Å². The number of nitrogens with zero attached hydrogens (tertiary/aromatic N) is 4. The van der Waals surface area contributed by atoms with Crippen molar-refractivity contribution in [1.29, 1.82) is 0 Å². The monoisotopic (exact) mass is 853 g/mol. The average Bonchev–Trinajstić information content (AvgIpc) is 3.53. The molecule has 3 aromatic heterocycles. The van der Waals surface area contributed by atoms with Gasteiger partial charge in [-0.25, -0.2) is 4.98 Å². The van der Waals surface area contributed by atoms with Crippen LogP contribution in [0.4, 0.5) is 0 Å². The summed E-state index contributed by atoms with van der Waals surface area (Å²) in [5.41, 5.74) is 13.9. The van der Waals surface area contributed by atoms with Gasteiger partial charge in [0.2, 0.25) is 0 Å². The molecule has 4 aromatic carbocycles. The topological polar surface area (TPSA) is 44.9 Å². The van der Waals surface area contributed by atoms with Gasteiger partial charge in [0.25, 0.3) is 0 Å². The number of hydrogen-bond acceptors (Lipinski definition) is 3. The first kappa shape index (κ1) is 36.3. The van der Waals surface area contributed by atoms with E-state index < -0.39 is 0 Å². The zero-order valence-corrected chi connectivity index (χ0v) is 33.8. The van der Waals surface area contributed by atoms with Gasteiger partial charge in [0, 0.05) is 34.5 Å². The molecular formula is C45H46N4OPt. The van der Waals surface area contributed by atoms with Gasteiger partial charge in [0.1, 0.15) is 5.82 Å². The Morgan fingerprint density at radius 1 is 0.667 bits per heavy atom. The van der Waals surface area contributed by atoms with Gasteiger partial charge in [0.05, 0.1) is 5.69 Å². The van der Waals surface area contributed by atoms with E-state index in [1.54, 1.807) is 0 Å². The van der Waals surface area contributed by atoms with Gasteiger partial charge in [-0.3, -0.25) is 4.68 Å². The van der Waals surface area contributed by atoms with Crippen molar-refractivity contribution >= 4 is 21.8 Å². The fraction of sp³-hybridized carbons (Fsp3) is 0.289. The van der Waals surface area contributed by atoms with Gasteiger partial charge in [-0.05, 0) is 108 Å². The molecule has 51 heavy (non-hydrogen) atoms. The van der Waals surface area contributed by atoms with Crippen LogP contribution in [0, 0.1) is 46.8 Å². The maximum Gasteiger partial charge on any atom is 2.00 e. The quantitative estimate of drug-likeness (QED) is 0.162. The number of aromatic nitrogens is 4. The molecule has 0 aliphatic carbocycles. The second-order valence-electron chi connectivity index (χ2n) is 15.7. The molecule has 0 radical (unpaired) electrons. The summed E-state index contributed by atoms with van der Waals surface area (Å²) in [4.78, 5) is 4.71. The molecule has 7 rings (SSSR count). The third kappa shape index (κ3) is 6.46. The van der Waals surface area contributed by atoms with Crippen LogP contribution in [0.2, 0.25) is 0 Å². The maximum absolute atomic E-state index is 6.48. The molecule has 0 aliphatic heterocycles. The minimum Gasteiger partial charge on any atom is -0.509 e. The van der Waals surface area contributed by atoms with Crippen molar-refractivity contribution in [3.63, 3.8) is 0 Å². The Morgan fingerprint density at radius 3 is 2.00 bits per heavy atom. The van der Waals surface area contributed by atoms with Crippen molar-refractivity contribution < 1.29 is 25.8 Å². The largest absolute Gasteiger partial charge is 2.00 e. The smallest absolute Gasteiger partial charge is 0.509 e. The number of para-hydroxylation sites is 1. The normalized spacial score (nSPS) is 12.1. The third-order valence-corrected chi connectivity index (χ3v) is 9.89. The number of fused-ring (bicyclic) bond motifs is 3. The molecule has 0 saturated heterocycles. The van der Waals surface area contributed by atoms with Gasteiger partial charge in [-0.2, -0.15) is 17.2 Å². The van der Waals surface area contributed by atoms with Crippen LogP contribution in [-0.2, 0) is 31.9 Å². The van der Waals surface area contributed by atoms with E-state index in [1.165, 1.54) is 33.4 Å². The molecule has 5 nitrogen and oxygen atoms in total. The van der Waals surface area contributed by atoms with Crippen LogP contribution in [0.5, 0.6) is 11.5 Å². The number of pyridine rings is 1. The Labute approximate surface area is 317 Å². The number of rotatable bonds is 5.